The van der Waals surface area contributed by atoms with Gasteiger partial charge in [-0.2, -0.15) is 0 Å². The zero-order valence-corrected chi connectivity index (χ0v) is 9.79. The third-order valence-corrected chi connectivity index (χ3v) is 1.93. The van der Waals surface area contributed by atoms with Crippen molar-refractivity contribution in [1.29, 1.82) is 0 Å². The van der Waals surface area contributed by atoms with Crippen LogP contribution in [0.3, 0.4) is 0 Å². The first kappa shape index (κ1) is 16.5. The first-order valence-electron chi connectivity index (χ1n) is 4.61. The second kappa shape index (κ2) is 6.46. The molecule has 0 heterocycles. The highest BCUT2D eigenvalue weighted by molar-refractivity contribution is 5.85. The Labute approximate surface area is 107 Å². The first-order chi connectivity index (χ1) is 7.78. The maximum Gasteiger partial charge on any atom is 0.573 e. The molecule has 8 heteroatoms. The van der Waals surface area contributed by atoms with Crippen molar-refractivity contribution in [3.63, 3.8) is 0 Å². The highest BCUT2D eigenvalue weighted by Gasteiger charge is 2.30. The Morgan fingerprint density at radius 2 is 1.83 bits per heavy atom. The van der Waals surface area contributed by atoms with Crippen molar-refractivity contribution >= 4 is 18.4 Å². The molecule has 0 aromatic heterocycles. The van der Waals surface area contributed by atoms with E-state index in [2.05, 4.69) is 4.74 Å². The van der Waals surface area contributed by atoms with Gasteiger partial charge in [0.1, 0.15) is 11.8 Å². The lowest BCUT2D eigenvalue weighted by Crippen LogP contribution is -2.32. The predicted molar refractivity (Wildman–Crippen MR) is 59.7 cm³/mol. The lowest BCUT2D eigenvalue weighted by Gasteiger charge is -2.10. The average Bonchev–Trinajstić information content (AvgIpc) is 2.18. The van der Waals surface area contributed by atoms with E-state index in [0.717, 1.165) is 12.1 Å². The summed E-state index contributed by atoms with van der Waals surface area (Å²) in [4.78, 5) is 10.5. The Morgan fingerprint density at radius 1 is 1.33 bits per heavy atom. The van der Waals surface area contributed by atoms with Crippen LogP contribution in [0.4, 0.5) is 13.2 Å². The number of nitrogens with two attached hydrogens (primary N) is 1. The number of rotatable bonds is 4. The van der Waals surface area contributed by atoms with Crippen LogP contribution in [0.2, 0.25) is 0 Å². The third kappa shape index (κ3) is 5.74. The van der Waals surface area contributed by atoms with E-state index in [9.17, 15) is 18.0 Å². The SMILES string of the molecule is Cl.N[C@@H](Cc1ccc(OC(F)(F)F)cc1)C(=O)O. The smallest absolute Gasteiger partial charge is 0.480 e. The van der Waals surface area contributed by atoms with Crippen molar-refractivity contribution in [1.82, 2.24) is 0 Å². The zero-order chi connectivity index (χ0) is 13.1. The number of aliphatic carboxylic acids is 1. The summed E-state index contributed by atoms with van der Waals surface area (Å²) in [7, 11) is 0. The van der Waals surface area contributed by atoms with E-state index in [1.165, 1.54) is 12.1 Å². The predicted octanol–water partition coefficient (Wildman–Crippen LogP) is 1.96. The van der Waals surface area contributed by atoms with E-state index in [4.69, 9.17) is 10.8 Å². The second-order valence-electron chi connectivity index (χ2n) is 3.34. The molecule has 0 unspecified atom stereocenters. The average molecular weight is 286 g/mol. The van der Waals surface area contributed by atoms with Gasteiger partial charge in [0.15, 0.2) is 0 Å². The molecule has 1 aromatic rings. The Morgan fingerprint density at radius 3 is 2.22 bits per heavy atom. The van der Waals surface area contributed by atoms with E-state index in [1.807, 2.05) is 0 Å². The minimum Gasteiger partial charge on any atom is -0.480 e. The van der Waals surface area contributed by atoms with Crippen molar-refractivity contribution in [3.8, 4) is 5.75 Å². The Hall–Kier alpha value is -1.47. The molecule has 0 amide bonds. The van der Waals surface area contributed by atoms with Crippen LogP contribution in [0.1, 0.15) is 5.56 Å². The van der Waals surface area contributed by atoms with Crippen LogP contribution < -0.4 is 10.5 Å². The number of alkyl halides is 3. The van der Waals surface area contributed by atoms with Gasteiger partial charge >= 0.3 is 12.3 Å². The quantitative estimate of drug-likeness (QED) is 0.887. The largest absolute Gasteiger partial charge is 0.573 e. The van der Waals surface area contributed by atoms with Gasteiger partial charge in [0.25, 0.3) is 0 Å². The highest BCUT2D eigenvalue weighted by atomic mass is 35.5. The number of hydrogen-bond acceptors (Lipinski definition) is 3. The van der Waals surface area contributed by atoms with Crippen molar-refractivity contribution in [2.45, 2.75) is 18.8 Å². The molecule has 102 valence electrons. The minimum absolute atomic E-state index is 0. The van der Waals surface area contributed by atoms with Crippen LogP contribution in [0.25, 0.3) is 0 Å². The lowest BCUT2D eigenvalue weighted by molar-refractivity contribution is -0.274. The van der Waals surface area contributed by atoms with Crippen molar-refractivity contribution in [2.24, 2.45) is 5.73 Å². The fraction of sp³-hybridized carbons (Fsp3) is 0.300. The van der Waals surface area contributed by atoms with Gasteiger partial charge in [0.05, 0.1) is 0 Å². The molecule has 3 N–H and O–H groups in total. The monoisotopic (exact) mass is 285 g/mol. The number of carboxylic acid groups (broad SMARTS) is 1. The molecule has 0 aliphatic heterocycles. The molecule has 1 rings (SSSR count). The van der Waals surface area contributed by atoms with Gasteiger partial charge in [-0.05, 0) is 24.1 Å². The Balaban J connectivity index is 0.00000289. The molecular formula is C10H11ClF3NO3. The van der Waals surface area contributed by atoms with E-state index in [-0.39, 0.29) is 24.6 Å². The van der Waals surface area contributed by atoms with Crippen LogP contribution in [0.5, 0.6) is 5.75 Å². The van der Waals surface area contributed by atoms with Gasteiger partial charge in [-0.3, -0.25) is 4.79 Å². The molecule has 0 saturated heterocycles. The fourth-order valence-corrected chi connectivity index (χ4v) is 1.17. The van der Waals surface area contributed by atoms with E-state index in [0.29, 0.717) is 5.56 Å². The molecule has 1 atom stereocenters. The summed E-state index contributed by atoms with van der Waals surface area (Å²) in [5, 5.41) is 8.55. The topological polar surface area (TPSA) is 72.5 Å². The highest BCUT2D eigenvalue weighted by Crippen LogP contribution is 2.22. The number of carbonyl (C=O) groups is 1. The summed E-state index contributed by atoms with van der Waals surface area (Å²) < 4.78 is 39.2. The maximum atomic E-state index is 11.8. The van der Waals surface area contributed by atoms with Gasteiger partial charge in [0, 0.05) is 0 Å². The normalized spacial score (nSPS) is 12.4. The summed E-state index contributed by atoms with van der Waals surface area (Å²) >= 11 is 0. The summed E-state index contributed by atoms with van der Waals surface area (Å²) in [5.41, 5.74) is 5.80. The fourth-order valence-electron chi connectivity index (χ4n) is 1.17. The molecule has 18 heavy (non-hydrogen) atoms. The van der Waals surface area contributed by atoms with E-state index in [1.54, 1.807) is 0 Å². The molecule has 4 nitrogen and oxygen atoms in total. The second-order valence-corrected chi connectivity index (χ2v) is 3.34. The molecule has 0 bridgehead atoms. The number of halogens is 4. The first-order valence-corrected chi connectivity index (χ1v) is 4.61. The third-order valence-electron chi connectivity index (χ3n) is 1.93. The van der Waals surface area contributed by atoms with Crippen LogP contribution in [-0.4, -0.2) is 23.5 Å². The number of benzene rings is 1. The molecule has 0 aliphatic carbocycles. The Bertz CT molecular complexity index is 394. The van der Waals surface area contributed by atoms with Crippen LogP contribution in [0.15, 0.2) is 24.3 Å². The minimum atomic E-state index is -4.74. The molecule has 1 aromatic carbocycles. The van der Waals surface area contributed by atoms with Crippen LogP contribution in [0, 0.1) is 0 Å². The lowest BCUT2D eigenvalue weighted by atomic mass is 10.1. The van der Waals surface area contributed by atoms with Crippen molar-refractivity contribution < 1.29 is 27.8 Å². The van der Waals surface area contributed by atoms with Crippen LogP contribution >= 0.6 is 12.4 Å². The van der Waals surface area contributed by atoms with Gasteiger partial charge in [-0.25, -0.2) is 0 Å². The molecule has 0 radical (unpaired) electrons. The molecule has 0 fully saturated rings. The number of carboxylic acids is 1. The van der Waals surface area contributed by atoms with Crippen molar-refractivity contribution in [2.75, 3.05) is 0 Å². The zero-order valence-electron chi connectivity index (χ0n) is 8.98. The number of ether oxygens (including phenoxy) is 1. The summed E-state index contributed by atoms with van der Waals surface area (Å²) in [6.07, 6.45) is -4.69. The maximum absolute atomic E-state index is 11.8. The molecule has 0 spiro atoms. The van der Waals surface area contributed by atoms with Gasteiger partial charge < -0.3 is 15.6 Å². The standard InChI is InChI=1S/C10H10F3NO3.ClH/c11-10(12,13)17-7-3-1-6(2-4-7)5-8(14)9(15)16;/h1-4,8H,5,14H2,(H,15,16);1H/t8-;/m0./s1. The van der Waals surface area contributed by atoms with Gasteiger partial charge in [0.2, 0.25) is 0 Å². The summed E-state index contributed by atoms with van der Waals surface area (Å²) in [5.74, 6) is -1.52. The summed E-state index contributed by atoms with van der Waals surface area (Å²) in [6.45, 7) is 0. The van der Waals surface area contributed by atoms with Gasteiger partial charge in [-0.1, -0.05) is 12.1 Å². The van der Waals surface area contributed by atoms with E-state index < -0.39 is 18.4 Å². The number of hydrogen-bond donors (Lipinski definition) is 2. The Kier molecular flexibility index (Phi) is 5.93. The van der Waals surface area contributed by atoms with Crippen LogP contribution in [-0.2, 0) is 11.2 Å². The van der Waals surface area contributed by atoms with Crippen molar-refractivity contribution in [3.05, 3.63) is 29.8 Å². The molecular weight excluding hydrogens is 275 g/mol. The van der Waals surface area contributed by atoms with Gasteiger partial charge in [-0.15, -0.1) is 25.6 Å². The molecule has 0 aliphatic rings. The van der Waals surface area contributed by atoms with E-state index >= 15 is 0 Å². The molecule has 0 saturated carbocycles. The summed E-state index contributed by atoms with van der Waals surface area (Å²) in [6, 6.07) is 3.81.